The van der Waals surface area contributed by atoms with Crippen LogP contribution >= 0.6 is 0 Å². The van der Waals surface area contributed by atoms with Crippen LogP contribution in [0.15, 0.2) is 48.5 Å². The molecular weight excluding hydrogens is 464 g/mol. The van der Waals surface area contributed by atoms with E-state index in [1.54, 1.807) is 20.8 Å². The Hall–Kier alpha value is -3.01. The number of nitrogens with zero attached hydrogens (tertiary/aromatic N) is 2. The fourth-order valence-corrected chi connectivity index (χ4v) is 4.38. The lowest BCUT2D eigenvalue weighted by atomic mass is 10.1. The van der Waals surface area contributed by atoms with Gasteiger partial charge in [-0.3, -0.25) is 13.9 Å². The lowest BCUT2D eigenvalue weighted by Gasteiger charge is -2.30. The Morgan fingerprint density at radius 1 is 1.00 bits per heavy atom. The molecule has 2 rings (SSSR count). The summed E-state index contributed by atoms with van der Waals surface area (Å²) in [5, 5.41) is 2.77. The molecule has 0 radical (unpaired) electrons. The summed E-state index contributed by atoms with van der Waals surface area (Å²) in [5.41, 5.74) is 0.549. The number of amides is 2. The third-order valence-electron chi connectivity index (χ3n) is 5.14. The van der Waals surface area contributed by atoms with Crippen molar-refractivity contribution in [2.24, 2.45) is 0 Å². The molecule has 0 saturated heterocycles. The first kappa shape index (κ1) is 27.2. The maximum atomic E-state index is 14.2. The fourth-order valence-electron chi connectivity index (χ4n) is 3.41. The van der Waals surface area contributed by atoms with Gasteiger partial charge in [-0.1, -0.05) is 24.3 Å². The number of sulfonamides is 1. The summed E-state index contributed by atoms with van der Waals surface area (Å²) in [6.07, 6.45) is 1.01. The molecule has 0 aromatic heterocycles. The molecule has 0 bridgehead atoms. The Labute approximate surface area is 199 Å². The van der Waals surface area contributed by atoms with Crippen LogP contribution in [0, 0.1) is 11.6 Å². The number of anilines is 1. The number of halogens is 2. The Kier molecular flexibility index (Phi) is 9.55. The lowest BCUT2D eigenvalue weighted by Crippen LogP contribution is -2.49. The van der Waals surface area contributed by atoms with E-state index in [2.05, 4.69) is 5.32 Å². The van der Waals surface area contributed by atoms with Crippen LogP contribution < -0.4 is 9.62 Å². The Bertz CT molecular complexity index is 1090. The van der Waals surface area contributed by atoms with Crippen molar-refractivity contribution in [2.75, 3.05) is 17.1 Å². The van der Waals surface area contributed by atoms with Crippen molar-refractivity contribution in [1.29, 1.82) is 0 Å². The van der Waals surface area contributed by atoms with Gasteiger partial charge in [-0.2, -0.15) is 0 Å². The summed E-state index contributed by atoms with van der Waals surface area (Å²) >= 11 is 0. The van der Waals surface area contributed by atoms with Crippen LogP contribution in [0.4, 0.5) is 14.5 Å². The third-order valence-corrected chi connectivity index (χ3v) is 6.32. The van der Waals surface area contributed by atoms with Gasteiger partial charge in [0, 0.05) is 25.6 Å². The van der Waals surface area contributed by atoms with E-state index in [1.807, 2.05) is 0 Å². The van der Waals surface area contributed by atoms with E-state index in [1.165, 1.54) is 47.4 Å². The zero-order valence-corrected chi connectivity index (χ0v) is 20.6. The summed E-state index contributed by atoms with van der Waals surface area (Å²) in [4.78, 5) is 27.1. The number of nitrogens with one attached hydrogen (secondary N) is 1. The second-order valence-electron chi connectivity index (χ2n) is 8.38. The first-order chi connectivity index (χ1) is 15.9. The molecule has 0 aliphatic heterocycles. The number of hydrogen-bond donors (Lipinski definition) is 1. The van der Waals surface area contributed by atoms with Gasteiger partial charge >= 0.3 is 0 Å². The maximum absolute atomic E-state index is 14.2. The number of carbonyl (C=O) groups excluding carboxylic acids is 2. The molecule has 34 heavy (non-hydrogen) atoms. The molecule has 1 unspecified atom stereocenters. The maximum Gasteiger partial charge on any atom is 0.242 e. The molecule has 0 saturated carbocycles. The molecule has 2 aromatic carbocycles. The normalized spacial score (nSPS) is 12.3. The molecule has 7 nitrogen and oxygen atoms in total. The number of para-hydroxylation sites is 1. The van der Waals surface area contributed by atoms with Gasteiger partial charge in [0.25, 0.3) is 0 Å². The average molecular weight is 496 g/mol. The predicted molar refractivity (Wildman–Crippen MR) is 128 cm³/mol. The summed E-state index contributed by atoms with van der Waals surface area (Å²) < 4.78 is 52.9. The first-order valence-corrected chi connectivity index (χ1v) is 12.8. The van der Waals surface area contributed by atoms with Crippen LogP contribution in [0.1, 0.15) is 39.2 Å². The van der Waals surface area contributed by atoms with E-state index in [4.69, 9.17) is 0 Å². The van der Waals surface area contributed by atoms with Gasteiger partial charge < -0.3 is 10.2 Å². The van der Waals surface area contributed by atoms with E-state index in [0.717, 1.165) is 16.6 Å². The van der Waals surface area contributed by atoms with Crippen molar-refractivity contribution < 1.29 is 26.8 Å². The average Bonchev–Trinajstić information content (AvgIpc) is 2.75. The number of rotatable bonds is 11. The summed E-state index contributed by atoms with van der Waals surface area (Å²) in [6.45, 7) is 5.18. The van der Waals surface area contributed by atoms with Crippen LogP contribution in [-0.4, -0.2) is 50.0 Å². The van der Waals surface area contributed by atoms with E-state index < -0.39 is 27.7 Å². The SMILES string of the molecule is CC(C)NC(=O)C(C)N(Cc1ccc(F)cc1)C(=O)CCCN(c1ccccc1F)S(C)(=O)=O. The first-order valence-electron chi connectivity index (χ1n) is 11.0. The second-order valence-corrected chi connectivity index (χ2v) is 10.3. The van der Waals surface area contributed by atoms with Crippen molar-refractivity contribution in [3.05, 3.63) is 65.7 Å². The molecule has 1 N–H and O–H groups in total. The summed E-state index contributed by atoms with van der Waals surface area (Å²) in [6, 6.07) is 10.2. The van der Waals surface area contributed by atoms with Crippen molar-refractivity contribution in [1.82, 2.24) is 10.2 Å². The second kappa shape index (κ2) is 11.9. The van der Waals surface area contributed by atoms with Gasteiger partial charge in [0.1, 0.15) is 17.7 Å². The topological polar surface area (TPSA) is 86.8 Å². The lowest BCUT2D eigenvalue weighted by molar-refractivity contribution is -0.140. The smallest absolute Gasteiger partial charge is 0.242 e. The molecule has 0 aliphatic rings. The minimum Gasteiger partial charge on any atom is -0.352 e. The van der Waals surface area contributed by atoms with E-state index in [0.29, 0.717) is 5.56 Å². The molecule has 2 amide bonds. The highest BCUT2D eigenvalue weighted by atomic mass is 32.2. The van der Waals surface area contributed by atoms with Crippen LogP contribution in [0.2, 0.25) is 0 Å². The Morgan fingerprint density at radius 3 is 2.18 bits per heavy atom. The van der Waals surface area contributed by atoms with Gasteiger partial charge in [0.2, 0.25) is 21.8 Å². The molecule has 10 heteroatoms. The van der Waals surface area contributed by atoms with Gasteiger partial charge in [-0.25, -0.2) is 17.2 Å². The third kappa shape index (κ3) is 7.79. The van der Waals surface area contributed by atoms with Gasteiger partial charge in [0.15, 0.2) is 0 Å². The van der Waals surface area contributed by atoms with Gasteiger partial charge in [0.05, 0.1) is 11.9 Å². The van der Waals surface area contributed by atoms with Crippen LogP contribution in [-0.2, 0) is 26.2 Å². The van der Waals surface area contributed by atoms with E-state index in [-0.39, 0.29) is 49.5 Å². The molecule has 0 aliphatic carbocycles. The molecule has 2 aromatic rings. The molecule has 0 fully saturated rings. The largest absolute Gasteiger partial charge is 0.352 e. The van der Waals surface area contributed by atoms with Crippen molar-refractivity contribution in [3.8, 4) is 0 Å². The Balaban J connectivity index is 2.17. The minimum atomic E-state index is -3.79. The highest BCUT2D eigenvalue weighted by Crippen LogP contribution is 2.22. The summed E-state index contributed by atoms with van der Waals surface area (Å²) in [5.74, 6) is -1.82. The van der Waals surface area contributed by atoms with Crippen LogP contribution in [0.5, 0.6) is 0 Å². The molecular formula is C24H31F2N3O4S. The zero-order valence-electron chi connectivity index (χ0n) is 19.8. The van der Waals surface area contributed by atoms with E-state index in [9.17, 15) is 26.8 Å². The number of benzene rings is 2. The van der Waals surface area contributed by atoms with Crippen LogP contribution in [0.25, 0.3) is 0 Å². The highest BCUT2D eigenvalue weighted by Gasteiger charge is 2.27. The monoisotopic (exact) mass is 495 g/mol. The Morgan fingerprint density at radius 2 is 1.62 bits per heavy atom. The van der Waals surface area contributed by atoms with Crippen molar-refractivity contribution in [2.45, 2.75) is 52.2 Å². The predicted octanol–water partition coefficient (Wildman–Crippen LogP) is 3.45. The molecule has 0 spiro atoms. The van der Waals surface area contributed by atoms with Gasteiger partial charge in [-0.15, -0.1) is 0 Å². The van der Waals surface area contributed by atoms with Gasteiger partial charge in [-0.05, 0) is 57.0 Å². The molecule has 1 atom stereocenters. The highest BCUT2D eigenvalue weighted by molar-refractivity contribution is 7.92. The van der Waals surface area contributed by atoms with Crippen LogP contribution in [0.3, 0.4) is 0 Å². The van der Waals surface area contributed by atoms with Crippen molar-refractivity contribution in [3.63, 3.8) is 0 Å². The molecule has 186 valence electrons. The standard InChI is InChI=1S/C24H31F2N3O4S/c1-17(2)27-24(31)18(3)28(16-19-11-13-20(25)14-12-19)23(30)10-7-15-29(34(4,32)33)22-9-6-5-8-21(22)26/h5-6,8-9,11-14,17-18H,7,10,15-16H2,1-4H3,(H,27,31). The fraction of sp³-hybridized carbons (Fsp3) is 0.417. The number of hydrogen-bond acceptors (Lipinski definition) is 4. The summed E-state index contributed by atoms with van der Waals surface area (Å²) in [7, 11) is -3.79. The molecule has 0 heterocycles. The van der Waals surface area contributed by atoms with Crippen molar-refractivity contribution >= 4 is 27.5 Å². The minimum absolute atomic E-state index is 0.0685. The van der Waals surface area contributed by atoms with E-state index >= 15 is 0 Å². The zero-order chi connectivity index (χ0) is 25.5. The quantitative estimate of drug-likeness (QED) is 0.517. The number of carbonyl (C=O) groups is 2.